The first-order valence-electron chi connectivity index (χ1n) is 5.90. The lowest BCUT2D eigenvalue weighted by atomic mass is 10.4. The molecule has 0 bridgehead atoms. The highest BCUT2D eigenvalue weighted by Gasteiger charge is 2.14. The van der Waals surface area contributed by atoms with E-state index >= 15 is 0 Å². The lowest BCUT2D eigenvalue weighted by Crippen LogP contribution is -2.31. The summed E-state index contributed by atoms with van der Waals surface area (Å²) in [5, 5.41) is 6.76. The average Bonchev–Trinajstić information content (AvgIpc) is 3.14. The first-order chi connectivity index (χ1) is 10.2. The Labute approximate surface area is 122 Å². The van der Waals surface area contributed by atoms with E-state index in [4.69, 9.17) is 4.42 Å². The van der Waals surface area contributed by atoms with Gasteiger partial charge in [0.15, 0.2) is 5.76 Å². The molecule has 3 aromatic rings. The molecular weight excluding hydrogens is 294 g/mol. The van der Waals surface area contributed by atoms with Gasteiger partial charge in [-0.25, -0.2) is 9.50 Å². The summed E-state index contributed by atoms with van der Waals surface area (Å²) in [5.41, 5.74) is 0. The first-order valence-corrected chi connectivity index (χ1v) is 6.89. The highest BCUT2D eigenvalue weighted by atomic mass is 32.2. The Bertz CT molecular complexity index is 750. The minimum atomic E-state index is -0.574. The predicted octanol–water partition coefficient (Wildman–Crippen LogP) is 0.766. The second kappa shape index (κ2) is 5.75. The van der Waals surface area contributed by atoms with Gasteiger partial charge in [-0.3, -0.25) is 14.9 Å². The maximum absolute atomic E-state index is 11.7. The molecule has 0 aliphatic carbocycles. The third-order valence-electron chi connectivity index (χ3n) is 2.43. The van der Waals surface area contributed by atoms with E-state index < -0.39 is 11.8 Å². The molecule has 0 saturated carbocycles. The molecule has 0 aromatic carbocycles. The van der Waals surface area contributed by atoms with Crippen molar-refractivity contribution < 1.29 is 14.0 Å². The molecule has 0 fully saturated rings. The van der Waals surface area contributed by atoms with Gasteiger partial charge in [-0.15, -0.1) is 5.10 Å². The fourth-order valence-electron chi connectivity index (χ4n) is 1.54. The number of rotatable bonds is 4. The van der Waals surface area contributed by atoms with E-state index in [2.05, 4.69) is 20.4 Å². The molecule has 2 amide bonds. The van der Waals surface area contributed by atoms with Crippen LogP contribution < -0.4 is 5.32 Å². The number of thioether (sulfide) groups is 1. The van der Waals surface area contributed by atoms with Gasteiger partial charge in [0.25, 0.3) is 11.7 Å². The molecule has 3 aromatic heterocycles. The van der Waals surface area contributed by atoms with Crippen LogP contribution >= 0.6 is 11.8 Å². The zero-order valence-electron chi connectivity index (χ0n) is 10.6. The first kappa shape index (κ1) is 13.3. The third-order valence-corrected chi connectivity index (χ3v) is 3.27. The van der Waals surface area contributed by atoms with Crippen LogP contribution in [0.2, 0.25) is 0 Å². The van der Waals surface area contributed by atoms with Gasteiger partial charge in [0.05, 0.1) is 12.0 Å². The Morgan fingerprint density at radius 1 is 1.38 bits per heavy atom. The van der Waals surface area contributed by atoms with Crippen LogP contribution in [0.4, 0.5) is 0 Å². The van der Waals surface area contributed by atoms with Gasteiger partial charge in [0.1, 0.15) is 0 Å². The Morgan fingerprint density at radius 3 is 3.05 bits per heavy atom. The van der Waals surface area contributed by atoms with Crippen LogP contribution in [-0.4, -0.2) is 37.1 Å². The van der Waals surface area contributed by atoms with Crippen molar-refractivity contribution in [3.8, 4) is 0 Å². The maximum atomic E-state index is 11.7. The minimum absolute atomic E-state index is 0.0172. The Morgan fingerprint density at radius 2 is 2.29 bits per heavy atom. The summed E-state index contributed by atoms with van der Waals surface area (Å²) in [6, 6.07) is 4.78. The molecule has 0 radical (unpaired) electrons. The lowest BCUT2D eigenvalue weighted by molar-refractivity contribution is -0.117. The predicted molar refractivity (Wildman–Crippen MR) is 72.7 cm³/mol. The molecule has 1 N–H and O–H groups in total. The van der Waals surface area contributed by atoms with Crippen LogP contribution in [0.15, 0.2) is 46.4 Å². The number of imide groups is 1. The Hall–Kier alpha value is -2.68. The summed E-state index contributed by atoms with van der Waals surface area (Å²) < 4.78 is 6.40. The number of hydrogen-bond acceptors (Lipinski definition) is 7. The summed E-state index contributed by atoms with van der Waals surface area (Å²) in [6.07, 6.45) is 4.68. The maximum Gasteiger partial charge on any atom is 0.293 e. The molecule has 0 aliphatic heterocycles. The number of carbonyl (C=O) groups is 2. The van der Waals surface area contributed by atoms with E-state index in [9.17, 15) is 9.59 Å². The van der Waals surface area contributed by atoms with Crippen LogP contribution in [-0.2, 0) is 4.79 Å². The van der Waals surface area contributed by atoms with Crippen molar-refractivity contribution >= 4 is 29.4 Å². The van der Waals surface area contributed by atoms with Gasteiger partial charge in [-0.05, 0) is 18.2 Å². The number of carbonyl (C=O) groups excluding carboxylic acids is 2. The minimum Gasteiger partial charge on any atom is -0.459 e. The molecule has 0 unspecified atom stereocenters. The molecule has 8 nitrogen and oxygen atoms in total. The van der Waals surface area contributed by atoms with E-state index in [1.807, 2.05) is 0 Å². The van der Waals surface area contributed by atoms with E-state index in [1.165, 1.54) is 16.8 Å². The van der Waals surface area contributed by atoms with Crippen LogP contribution in [0.5, 0.6) is 0 Å². The van der Waals surface area contributed by atoms with Crippen molar-refractivity contribution in [2.24, 2.45) is 0 Å². The van der Waals surface area contributed by atoms with Crippen molar-refractivity contribution in [1.29, 1.82) is 0 Å². The largest absolute Gasteiger partial charge is 0.459 e. The molecule has 3 rings (SSSR count). The van der Waals surface area contributed by atoms with Gasteiger partial charge in [-0.2, -0.15) is 4.98 Å². The van der Waals surface area contributed by atoms with Gasteiger partial charge in [0, 0.05) is 12.4 Å². The second-order valence-corrected chi connectivity index (χ2v) is 4.84. The van der Waals surface area contributed by atoms with Crippen molar-refractivity contribution in [2.45, 2.75) is 5.16 Å². The summed E-state index contributed by atoms with van der Waals surface area (Å²) >= 11 is 1.12. The zero-order valence-corrected chi connectivity index (χ0v) is 11.4. The third kappa shape index (κ3) is 3.08. The molecule has 9 heteroatoms. The molecule has 0 saturated heterocycles. The number of aromatic nitrogens is 4. The highest BCUT2D eigenvalue weighted by Crippen LogP contribution is 2.13. The van der Waals surface area contributed by atoms with Crippen LogP contribution in [0.3, 0.4) is 0 Å². The quantitative estimate of drug-likeness (QED) is 0.710. The molecule has 0 atom stereocenters. The summed E-state index contributed by atoms with van der Waals surface area (Å²) in [7, 11) is 0. The van der Waals surface area contributed by atoms with E-state index in [-0.39, 0.29) is 11.5 Å². The fraction of sp³-hybridized carbons (Fsp3) is 0.0833. The van der Waals surface area contributed by atoms with E-state index in [1.54, 1.807) is 24.5 Å². The molecule has 3 heterocycles. The van der Waals surface area contributed by atoms with Gasteiger partial charge in [-0.1, -0.05) is 11.8 Å². The van der Waals surface area contributed by atoms with Crippen LogP contribution in [0, 0.1) is 0 Å². The number of amides is 2. The monoisotopic (exact) mass is 303 g/mol. The highest BCUT2D eigenvalue weighted by molar-refractivity contribution is 7.99. The average molecular weight is 303 g/mol. The molecule has 106 valence electrons. The van der Waals surface area contributed by atoms with Crippen molar-refractivity contribution in [3.05, 3.63) is 42.6 Å². The van der Waals surface area contributed by atoms with Crippen molar-refractivity contribution in [1.82, 2.24) is 24.9 Å². The number of nitrogens with zero attached hydrogens (tertiary/aromatic N) is 4. The molecular formula is C12H9N5O3S. The van der Waals surface area contributed by atoms with Gasteiger partial charge >= 0.3 is 0 Å². The smallest absolute Gasteiger partial charge is 0.293 e. The number of hydrogen-bond donors (Lipinski definition) is 1. The Balaban J connectivity index is 1.57. The zero-order chi connectivity index (χ0) is 14.7. The summed E-state index contributed by atoms with van der Waals surface area (Å²) in [5.74, 6) is -0.470. The van der Waals surface area contributed by atoms with E-state index in [0.717, 1.165) is 11.8 Å². The second-order valence-electron chi connectivity index (χ2n) is 3.90. The summed E-state index contributed by atoms with van der Waals surface area (Å²) in [4.78, 5) is 31.4. The number of nitrogens with one attached hydrogen (secondary N) is 1. The normalized spacial score (nSPS) is 10.7. The topological polar surface area (TPSA) is 102 Å². The lowest BCUT2D eigenvalue weighted by Gasteiger charge is -1.99. The standard InChI is InChI=1S/C12H9N5O3S/c18-9(14-10(19)8-3-1-6-20-8)7-21-12-15-11-13-4-2-5-17(11)16-12/h1-6H,7H2,(H,14,18,19). The Kier molecular flexibility index (Phi) is 3.65. The summed E-state index contributed by atoms with van der Waals surface area (Å²) in [6.45, 7) is 0. The molecule has 21 heavy (non-hydrogen) atoms. The number of fused-ring (bicyclic) bond motifs is 1. The molecule has 0 spiro atoms. The number of furan rings is 1. The van der Waals surface area contributed by atoms with Crippen LogP contribution in [0.25, 0.3) is 5.78 Å². The van der Waals surface area contributed by atoms with Crippen LogP contribution in [0.1, 0.15) is 10.6 Å². The van der Waals surface area contributed by atoms with Crippen molar-refractivity contribution in [3.63, 3.8) is 0 Å². The molecule has 0 aliphatic rings. The van der Waals surface area contributed by atoms with Gasteiger partial charge in [0.2, 0.25) is 11.1 Å². The SMILES string of the molecule is O=C(CSc1nc2ncccn2n1)NC(=O)c1ccco1. The van der Waals surface area contributed by atoms with Crippen molar-refractivity contribution in [2.75, 3.05) is 5.75 Å². The van der Waals surface area contributed by atoms with Gasteiger partial charge < -0.3 is 4.42 Å². The fourth-order valence-corrected chi connectivity index (χ4v) is 2.16. The van der Waals surface area contributed by atoms with E-state index in [0.29, 0.717) is 10.9 Å².